The zero-order valence-corrected chi connectivity index (χ0v) is 22.7. The average Bonchev–Trinajstić information content (AvgIpc) is 3.64. The first kappa shape index (κ1) is 26.6. The van der Waals surface area contributed by atoms with Crippen molar-refractivity contribution in [2.75, 3.05) is 19.0 Å². The molecule has 1 fully saturated rings. The first-order valence-corrected chi connectivity index (χ1v) is 12.6. The van der Waals surface area contributed by atoms with Crippen LogP contribution in [0.15, 0.2) is 66.7 Å². The fourth-order valence-electron chi connectivity index (χ4n) is 4.82. The van der Waals surface area contributed by atoms with E-state index in [4.69, 9.17) is 4.74 Å². The summed E-state index contributed by atoms with van der Waals surface area (Å²) in [5.74, 6) is 0.569. The number of hydrogen-bond acceptors (Lipinski definition) is 3. The van der Waals surface area contributed by atoms with E-state index in [1.165, 1.54) is 18.4 Å². The lowest BCUT2D eigenvalue weighted by atomic mass is 9.86. The number of hydrogen-bond donors (Lipinski definition) is 2. The lowest BCUT2D eigenvalue weighted by Gasteiger charge is -2.19. The molecule has 0 spiro atoms. The molecule has 0 aliphatic heterocycles. The van der Waals surface area contributed by atoms with Gasteiger partial charge in [0.2, 0.25) is 0 Å². The quantitative estimate of drug-likeness (QED) is 0.252. The molecular weight excluding hydrogens is 484 g/mol. The van der Waals surface area contributed by atoms with Crippen molar-refractivity contribution >= 4 is 35.0 Å². The third-order valence-electron chi connectivity index (χ3n) is 7.07. The van der Waals surface area contributed by atoms with Gasteiger partial charge in [-0.2, -0.15) is 0 Å². The van der Waals surface area contributed by atoms with E-state index in [9.17, 15) is 9.90 Å². The van der Waals surface area contributed by atoms with E-state index in [-0.39, 0.29) is 17.8 Å². The molecule has 0 bridgehead atoms. The minimum atomic E-state index is -0.934. The van der Waals surface area contributed by atoms with Crippen LogP contribution in [0.4, 0.5) is 5.69 Å². The maximum absolute atomic E-state index is 12.8. The standard InChI is InChI=1S/C31H34N2O3.ClH/c1-31(2,3)23-12-10-22(11-13-23)28-26-17-24(32-18-20-8-9-20)14-15-27(26)33(29(28)30(34)35)19-21-6-5-7-25(16-21)36-4;/h5-7,10-17,20,32H,8-9,18-19H2,1-4H3,(H,34,35);1H. The Balaban J connectivity index is 0.00000320. The molecule has 0 radical (unpaired) electrons. The number of ether oxygens (including phenoxy) is 1. The molecule has 194 valence electrons. The highest BCUT2D eigenvalue weighted by Crippen LogP contribution is 2.38. The summed E-state index contributed by atoms with van der Waals surface area (Å²) in [5, 5.41) is 15.0. The molecule has 1 saturated carbocycles. The van der Waals surface area contributed by atoms with Crippen molar-refractivity contribution in [3.63, 3.8) is 0 Å². The molecule has 1 aromatic heterocycles. The second-order valence-electron chi connectivity index (χ2n) is 10.8. The van der Waals surface area contributed by atoms with Gasteiger partial charge in [-0.1, -0.05) is 57.2 Å². The van der Waals surface area contributed by atoms with Crippen LogP contribution in [0, 0.1) is 5.92 Å². The molecule has 0 amide bonds. The van der Waals surface area contributed by atoms with Gasteiger partial charge in [-0.3, -0.25) is 0 Å². The molecule has 5 nitrogen and oxygen atoms in total. The van der Waals surface area contributed by atoms with Crippen molar-refractivity contribution in [3.05, 3.63) is 83.6 Å². The second-order valence-corrected chi connectivity index (χ2v) is 10.8. The van der Waals surface area contributed by atoms with E-state index in [1.807, 2.05) is 34.9 Å². The zero-order valence-electron chi connectivity index (χ0n) is 21.9. The lowest BCUT2D eigenvalue weighted by molar-refractivity contribution is 0.0687. The second kappa shape index (κ2) is 10.5. The molecule has 0 unspecified atom stereocenters. The van der Waals surface area contributed by atoms with Gasteiger partial charge in [-0.05, 0) is 71.2 Å². The van der Waals surface area contributed by atoms with E-state index < -0.39 is 5.97 Å². The van der Waals surface area contributed by atoms with Crippen LogP contribution in [0.1, 0.15) is 55.2 Å². The van der Waals surface area contributed by atoms with Crippen molar-refractivity contribution in [2.24, 2.45) is 5.92 Å². The average molecular weight is 519 g/mol. The Kier molecular flexibility index (Phi) is 7.56. The maximum atomic E-state index is 12.8. The molecule has 0 saturated heterocycles. The van der Waals surface area contributed by atoms with Crippen molar-refractivity contribution in [3.8, 4) is 16.9 Å². The van der Waals surface area contributed by atoms with E-state index in [0.29, 0.717) is 12.2 Å². The number of aromatic nitrogens is 1. The molecule has 1 aliphatic rings. The molecule has 5 rings (SSSR count). The van der Waals surface area contributed by atoms with Gasteiger partial charge in [0.1, 0.15) is 11.4 Å². The number of rotatable bonds is 8. The summed E-state index contributed by atoms with van der Waals surface area (Å²) in [5.41, 5.74) is 6.13. The van der Waals surface area contributed by atoms with Gasteiger partial charge in [-0.25, -0.2) is 4.79 Å². The van der Waals surface area contributed by atoms with Gasteiger partial charge in [-0.15, -0.1) is 12.4 Å². The molecule has 4 aromatic rings. The van der Waals surface area contributed by atoms with Crippen LogP contribution in [-0.2, 0) is 12.0 Å². The highest BCUT2D eigenvalue weighted by Gasteiger charge is 2.25. The predicted molar refractivity (Wildman–Crippen MR) is 154 cm³/mol. The Labute approximate surface area is 224 Å². The summed E-state index contributed by atoms with van der Waals surface area (Å²) in [6.07, 6.45) is 2.56. The first-order chi connectivity index (χ1) is 17.2. The Bertz CT molecular complexity index is 1410. The number of aromatic carboxylic acids is 1. The summed E-state index contributed by atoms with van der Waals surface area (Å²) in [6, 6.07) is 22.4. The largest absolute Gasteiger partial charge is 0.497 e. The van der Waals surface area contributed by atoms with E-state index in [1.54, 1.807) is 7.11 Å². The summed E-state index contributed by atoms with van der Waals surface area (Å²) in [6.45, 7) is 7.94. The fourth-order valence-corrected chi connectivity index (χ4v) is 4.82. The summed E-state index contributed by atoms with van der Waals surface area (Å²) >= 11 is 0. The minimum absolute atomic E-state index is 0. The highest BCUT2D eigenvalue weighted by atomic mass is 35.5. The SMILES string of the molecule is COc1cccc(Cn2c(C(=O)O)c(-c3ccc(C(C)(C)C)cc3)c3cc(NCC4CC4)ccc32)c1.Cl. The Morgan fingerprint density at radius 1 is 1.05 bits per heavy atom. The van der Waals surface area contributed by atoms with Gasteiger partial charge in [0.15, 0.2) is 0 Å². The summed E-state index contributed by atoms with van der Waals surface area (Å²) in [7, 11) is 1.64. The Morgan fingerprint density at radius 3 is 2.41 bits per heavy atom. The Morgan fingerprint density at radius 2 is 1.78 bits per heavy atom. The van der Waals surface area contributed by atoms with Crippen LogP contribution in [0.25, 0.3) is 22.0 Å². The molecule has 0 atom stereocenters. The molecule has 1 heterocycles. The van der Waals surface area contributed by atoms with Crippen LogP contribution in [0.3, 0.4) is 0 Å². The van der Waals surface area contributed by atoms with Crippen molar-refractivity contribution < 1.29 is 14.6 Å². The smallest absolute Gasteiger partial charge is 0.353 e. The fraction of sp³-hybridized carbons (Fsp3) is 0.323. The number of carbonyl (C=O) groups is 1. The number of carboxylic acid groups (broad SMARTS) is 1. The molecule has 37 heavy (non-hydrogen) atoms. The molecule has 1 aliphatic carbocycles. The van der Waals surface area contributed by atoms with Gasteiger partial charge in [0, 0.05) is 35.2 Å². The number of fused-ring (bicyclic) bond motifs is 1. The van der Waals surface area contributed by atoms with Gasteiger partial charge < -0.3 is 19.7 Å². The summed E-state index contributed by atoms with van der Waals surface area (Å²) < 4.78 is 7.32. The summed E-state index contributed by atoms with van der Waals surface area (Å²) in [4.78, 5) is 12.8. The molecule has 3 aromatic carbocycles. The van der Waals surface area contributed by atoms with Crippen molar-refractivity contribution in [1.29, 1.82) is 0 Å². The third-order valence-corrected chi connectivity index (χ3v) is 7.07. The number of benzene rings is 3. The van der Waals surface area contributed by atoms with Crippen LogP contribution in [0.2, 0.25) is 0 Å². The molecule has 6 heteroatoms. The van der Waals surface area contributed by atoms with Crippen LogP contribution in [-0.4, -0.2) is 29.3 Å². The Hall–Kier alpha value is -3.44. The predicted octanol–water partition coefficient (Wildman–Crippen LogP) is 7.60. The number of halogens is 1. The normalized spacial score (nSPS) is 13.3. The van der Waals surface area contributed by atoms with Crippen molar-refractivity contribution in [1.82, 2.24) is 4.57 Å². The maximum Gasteiger partial charge on any atom is 0.353 e. The number of methoxy groups -OCH3 is 1. The van der Waals surface area contributed by atoms with Gasteiger partial charge in [0.05, 0.1) is 7.11 Å². The number of nitrogens with zero attached hydrogens (tertiary/aromatic N) is 1. The first-order valence-electron chi connectivity index (χ1n) is 12.6. The molecular formula is C31H35ClN2O3. The van der Waals surface area contributed by atoms with Gasteiger partial charge in [0.25, 0.3) is 0 Å². The molecule has 2 N–H and O–H groups in total. The van der Waals surface area contributed by atoms with E-state index >= 15 is 0 Å². The van der Waals surface area contributed by atoms with Crippen LogP contribution >= 0.6 is 12.4 Å². The van der Waals surface area contributed by atoms with E-state index in [0.717, 1.165) is 51.5 Å². The monoisotopic (exact) mass is 518 g/mol. The van der Waals surface area contributed by atoms with Crippen molar-refractivity contribution in [2.45, 2.75) is 45.6 Å². The minimum Gasteiger partial charge on any atom is -0.497 e. The van der Waals surface area contributed by atoms with Crippen LogP contribution < -0.4 is 10.1 Å². The highest BCUT2D eigenvalue weighted by molar-refractivity contribution is 6.09. The lowest BCUT2D eigenvalue weighted by Crippen LogP contribution is -2.11. The zero-order chi connectivity index (χ0) is 25.4. The van der Waals surface area contributed by atoms with Gasteiger partial charge >= 0.3 is 5.97 Å². The third kappa shape index (κ3) is 5.62. The van der Waals surface area contributed by atoms with E-state index in [2.05, 4.69) is 62.5 Å². The van der Waals surface area contributed by atoms with Crippen LogP contribution in [0.5, 0.6) is 5.75 Å². The topological polar surface area (TPSA) is 63.5 Å². The number of carboxylic acids is 1. The number of anilines is 1. The number of nitrogens with one attached hydrogen (secondary N) is 1.